The van der Waals surface area contributed by atoms with E-state index in [0.29, 0.717) is 74.0 Å². The molecule has 4 aromatic rings. The largest absolute Gasteiger partial charge is 0.494 e. The first kappa shape index (κ1) is 38.2. The summed E-state index contributed by atoms with van der Waals surface area (Å²) in [6.45, 7) is 2.07. The zero-order valence-corrected chi connectivity index (χ0v) is 29.7. The van der Waals surface area contributed by atoms with Gasteiger partial charge in [-0.25, -0.2) is 0 Å². The predicted octanol–water partition coefficient (Wildman–Crippen LogP) is 4.39. The van der Waals surface area contributed by atoms with Gasteiger partial charge in [-0.05, 0) is 80.0 Å². The molecule has 1 atom stereocenters. The van der Waals surface area contributed by atoms with E-state index in [1.807, 2.05) is 29.2 Å². The third kappa shape index (κ3) is 8.78. The summed E-state index contributed by atoms with van der Waals surface area (Å²) in [4.78, 5) is 52.6. The van der Waals surface area contributed by atoms with Crippen LogP contribution >= 0.6 is 0 Å². The van der Waals surface area contributed by atoms with Crippen molar-refractivity contribution in [2.75, 3.05) is 50.2 Å². The van der Waals surface area contributed by atoms with Gasteiger partial charge in [-0.3, -0.25) is 14.4 Å². The molecule has 0 bridgehead atoms. The summed E-state index contributed by atoms with van der Waals surface area (Å²) in [7, 11) is 1.48. The van der Waals surface area contributed by atoms with Gasteiger partial charge in [-0.1, -0.05) is 18.2 Å². The number of likely N-dealkylation sites (N-methyl/N-ethyl adjacent to an activating group) is 1. The Morgan fingerprint density at radius 2 is 1.78 bits per heavy atom. The molecule has 1 saturated heterocycles. The molecule has 3 amide bonds. The zero-order valence-electron chi connectivity index (χ0n) is 29.7. The fourth-order valence-electron chi connectivity index (χ4n) is 6.79. The Morgan fingerprint density at radius 3 is 2.50 bits per heavy atom. The van der Waals surface area contributed by atoms with Gasteiger partial charge in [-0.15, -0.1) is 15.3 Å². The fourth-order valence-corrected chi connectivity index (χ4v) is 6.79. The molecule has 14 nitrogen and oxygen atoms in total. The van der Waals surface area contributed by atoms with E-state index >= 15 is 0 Å². The number of carbonyl (C=O) groups excluding carboxylic acids is 4. The Labute approximate surface area is 309 Å². The number of rotatable bonds is 16. The van der Waals surface area contributed by atoms with Crippen LogP contribution in [0, 0.1) is 0 Å². The molecule has 4 heterocycles. The number of amides is 3. The normalized spacial score (nSPS) is 15.3. The van der Waals surface area contributed by atoms with Gasteiger partial charge < -0.3 is 34.7 Å². The number of aldehydes is 1. The molecule has 2 aromatic carbocycles. The van der Waals surface area contributed by atoms with E-state index in [1.165, 1.54) is 23.6 Å². The van der Waals surface area contributed by atoms with Crippen LogP contribution in [-0.2, 0) is 31.8 Å². The van der Waals surface area contributed by atoms with E-state index in [9.17, 15) is 32.3 Å². The maximum atomic E-state index is 13.3. The molecule has 2 aliphatic heterocycles. The molecule has 2 aromatic heterocycles. The van der Waals surface area contributed by atoms with E-state index in [0.717, 1.165) is 23.1 Å². The Balaban J connectivity index is 0.884. The smallest absolute Gasteiger partial charge is 0.453 e. The molecule has 6 rings (SSSR count). The molecule has 286 valence electrons. The van der Waals surface area contributed by atoms with Crippen molar-refractivity contribution in [3.8, 4) is 5.75 Å². The minimum Gasteiger partial charge on any atom is -0.494 e. The van der Waals surface area contributed by atoms with Crippen molar-refractivity contribution < 1.29 is 41.8 Å². The fraction of sp³-hybridized carbons (Fsp3) is 0.432. The van der Waals surface area contributed by atoms with E-state index in [4.69, 9.17) is 9.47 Å². The molecule has 1 unspecified atom stereocenters. The highest BCUT2D eigenvalue weighted by molar-refractivity contribution is 6.04. The molecule has 2 aliphatic rings. The first-order valence-corrected chi connectivity index (χ1v) is 17.8. The summed E-state index contributed by atoms with van der Waals surface area (Å²) in [6.07, 6.45) is -0.575. The van der Waals surface area contributed by atoms with Gasteiger partial charge in [0.2, 0.25) is 11.8 Å². The van der Waals surface area contributed by atoms with Crippen molar-refractivity contribution in [2.45, 2.75) is 63.2 Å². The van der Waals surface area contributed by atoms with Crippen LogP contribution in [0.2, 0.25) is 0 Å². The minimum absolute atomic E-state index is 0.0444. The number of benzene rings is 2. The summed E-state index contributed by atoms with van der Waals surface area (Å²) < 4.78 is 52.1. The van der Waals surface area contributed by atoms with Gasteiger partial charge in [0.1, 0.15) is 30.5 Å². The molecule has 1 fully saturated rings. The number of fused-ring (bicyclic) bond motifs is 2. The minimum atomic E-state index is -4.65. The summed E-state index contributed by atoms with van der Waals surface area (Å²) in [5, 5.41) is 16.3. The zero-order chi connectivity index (χ0) is 38.2. The average Bonchev–Trinajstić information content (AvgIpc) is 3.76. The number of anilines is 2. The summed E-state index contributed by atoms with van der Waals surface area (Å²) in [6, 6.07) is 15.3. The van der Waals surface area contributed by atoms with Crippen LogP contribution in [0.3, 0.4) is 0 Å². The first-order valence-electron chi connectivity index (χ1n) is 17.8. The van der Waals surface area contributed by atoms with Gasteiger partial charge in [0.25, 0.3) is 11.7 Å². The number of piperidine rings is 1. The molecule has 0 spiro atoms. The molecule has 0 radical (unpaired) electrons. The summed E-state index contributed by atoms with van der Waals surface area (Å²) in [5.41, 5.74) is 2.69. The molecule has 0 saturated carbocycles. The quantitative estimate of drug-likeness (QED) is 0.124. The Hall–Kier alpha value is -5.58. The standard InChI is InChI=1S/C37H41F3N8O6/c1-41-34(51)30(8-5-19-49)47-22-28-27(35(47)52)6-4-7-29(28)42-33(50)23-53-20-2-3-21-54-26-11-9-24(10-12-26)25-15-17-46(18-16-25)32-14-13-31-43-44-36(37(38,39)40)48(31)45-32/h4,6-7,9-14,19,25,30H,2-3,5,8,15-18,20-23H2,1H3,(H,41,51)(H,42,50). The lowest BCUT2D eigenvalue weighted by Gasteiger charge is -2.33. The van der Waals surface area contributed by atoms with E-state index in [-0.39, 0.29) is 49.4 Å². The molecule has 54 heavy (non-hydrogen) atoms. The van der Waals surface area contributed by atoms with Crippen molar-refractivity contribution in [2.24, 2.45) is 0 Å². The van der Waals surface area contributed by atoms with E-state index in [2.05, 4.69) is 25.9 Å². The second kappa shape index (κ2) is 17.0. The van der Waals surface area contributed by atoms with E-state index < -0.39 is 18.0 Å². The maximum absolute atomic E-state index is 13.3. The molecular weight excluding hydrogens is 709 g/mol. The highest BCUT2D eigenvalue weighted by Crippen LogP contribution is 2.33. The first-order chi connectivity index (χ1) is 26.1. The number of carbonyl (C=O) groups is 4. The Bertz CT molecular complexity index is 1960. The molecule has 2 N–H and O–H groups in total. The second-order valence-corrected chi connectivity index (χ2v) is 13.1. The van der Waals surface area contributed by atoms with Crippen molar-refractivity contribution in [1.29, 1.82) is 0 Å². The number of nitrogens with zero attached hydrogens (tertiary/aromatic N) is 6. The van der Waals surface area contributed by atoms with Crippen molar-refractivity contribution in [1.82, 2.24) is 30.0 Å². The van der Waals surface area contributed by atoms with Crippen LogP contribution in [0.15, 0.2) is 54.6 Å². The highest BCUT2D eigenvalue weighted by Gasteiger charge is 2.38. The number of hydrogen-bond donors (Lipinski definition) is 2. The Kier molecular flexibility index (Phi) is 12.0. The van der Waals surface area contributed by atoms with E-state index in [1.54, 1.807) is 24.3 Å². The van der Waals surface area contributed by atoms with Crippen LogP contribution in [-0.4, -0.2) is 94.7 Å². The van der Waals surface area contributed by atoms with Crippen molar-refractivity contribution in [3.05, 3.63) is 77.1 Å². The molecular formula is C37H41F3N8O6. The van der Waals surface area contributed by atoms with Gasteiger partial charge in [0, 0.05) is 56.5 Å². The highest BCUT2D eigenvalue weighted by atomic mass is 19.4. The number of halogens is 3. The van der Waals surface area contributed by atoms with Gasteiger partial charge in [0.05, 0.1) is 6.61 Å². The number of nitrogens with one attached hydrogen (secondary N) is 2. The van der Waals surface area contributed by atoms with Crippen LogP contribution in [0.1, 0.15) is 71.8 Å². The lowest BCUT2D eigenvalue weighted by Crippen LogP contribution is -2.46. The van der Waals surface area contributed by atoms with Gasteiger partial charge >= 0.3 is 6.18 Å². The summed E-state index contributed by atoms with van der Waals surface area (Å²) in [5.74, 6) is -0.714. The van der Waals surface area contributed by atoms with Crippen LogP contribution in [0.25, 0.3) is 5.65 Å². The monoisotopic (exact) mass is 750 g/mol. The third-order valence-corrected chi connectivity index (χ3v) is 9.61. The van der Waals surface area contributed by atoms with Gasteiger partial charge in [-0.2, -0.15) is 17.7 Å². The lowest BCUT2D eigenvalue weighted by molar-refractivity contribution is -0.146. The van der Waals surface area contributed by atoms with Crippen molar-refractivity contribution >= 4 is 41.2 Å². The molecule has 0 aliphatic carbocycles. The number of ether oxygens (including phenoxy) is 2. The SMILES string of the molecule is CNC(=O)C(CCC=O)N1Cc2c(NC(=O)COCCCCOc3ccc(C4CCN(c5ccc6nnc(C(F)(F)F)n6n5)CC4)cc3)cccc2C1=O. The number of hydrogen-bond acceptors (Lipinski definition) is 10. The van der Waals surface area contributed by atoms with Gasteiger partial charge in [0.15, 0.2) is 5.65 Å². The predicted molar refractivity (Wildman–Crippen MR) is 190 cm³/mol. The van der Waals surface area contributed by atoms with Crippen LogP contribution < -0.4 is 20.3 Å². The molecule has 17 heteroatoms. The number of alkyl halides is 3. The van der Waals surface area contributed by atoms with Crippen LogP contribution in [0.5, 0.6) is 5.75 Å². The van der Waals surface area contributed by atoms with Crippen molar-refractivity contribution in [3.63, 3.8) is 0 Å². The topological polar surface area (TPSA) is 160 Å². The summed E-state index contributed by atoms with van der Waals surface area (Å²) >= 11 is 0. The Morgan fingerprint density at radius 1 is 1.02 bits per heavy atom. The second-order valence-electron chi connectivity index (χ2n) is 13.1. The number of unbranched alkanes of at least 4 members (excludes halogenated alkanes) is 1. The number of aromatic nitrogens is 4. The average molecular weight is 751 g/mol. The third-order valence-electron chi connectivity index (χ3n) is 9.61. The lowest BCUT2D eigenvalue weighted by atomic mass is 9.89. The maximum Gasteiger partial charge on any atom is 0.453 e. The van der Waals surface area contributed by atoms with Crippen LogP contribution in [0.4, 0.5) is 24.7 Å².